The highest BCUT2D eigenvalue weighted by molar-refractivity contribution is 5.83. The zero-order chi connectivity index (χ0) is 15.9. The topological polar surface area (TPSA) is 41.6 Å². The van der Waals surface area contributed by atoms with Crippen LogP contribution >= 0.6 is 0 Å². The first kappa shape index (κ1) is 18.2. The maximum atomic E-state index is 12.7. The lowest BCUT2D eigenvalue weighted by Gasteiger charge is -2.33. The molecule has 0 bridgehead atoms. The zero-order valence-corrected chi connectivity index (χ0v) is 12.8. The second kappa shape index (κ2) is 7.98. The van der Waals surface area contributed by atoms with Crippen molar-refractivity contribution in [1.82, 2.24) is 10.2 Å². The highest BCUT2D eigenvalue weighted by Gasteiger charge is 2.44. The smallest absolute Gasteiger partial charge is 0.382 e. The molecule has 1 unspecified atom stereocenters. The zero-order valence-electron chi connectivity index (χ0n) is 12.8. The van der Waals surface area contributed by atoms with Crippen molar-refractivity contribution in [1.29, 1.82) is 0 Å². The van der Waals surface area contributed by atoms with Crippen molar-refractivity contribution in [2.75, 3.05) is 39.4 Å². The molecule has 4 nitrogen and oxygen atoms in total. The Labute approximate surface area is 124 Å². The van der Waals surface area contributed by atoms with Gasteiger partial charge in [-0.3, -0.25) is 4.79 Å². The second-order valence-corrected chi connectivity index (χ2v) is 5.45. The minimum atomic E-state index is -4.37. The first-order valence-electron chi connectivity index (χ1n) is 7.49. The highest BCUT2D eigenvalue weighted by atomic mass is 19.4. The SMILES string of the molecule is CCOCCCN(CC(F)(F)F)C(=O)C1(CC)CCNC1. The quantitative estimate of drug-likeness (QED) is 0.699. The van der Waals surface area contributed by atoms with Crippen molar-refractivity contribution in [3.63, 3.8) is 0 Å². The Morgan fingerprint density at radius 3 is 2.57 bits per heavy atom. The van der Waals surface area contributed by atoms with Gasteiger partial charge in [-0.05, 0) is 32.7 Å². The van der Waals surface area contributed by atoms with Gasteiger partial charge >= 0.3 is 6.18 Å². The number of rotatable bonds is 8. The van der Waals surface area contributed by atoms with Crippen LogP contribution in [0.4, 0.5) is 13.2 Å². The summed E-state index contributed by atoms with van der Waals surface area (Å²) in [5, 5.41) is 3.09. The molecular formula is C14H25F3N2O2. The minimum absolute atomic E-state index is 0.0834. The molecule has 124 valence electrons. The number of carbonyl (C=O) groups is 1. The Morgan fingerprint density at radius 1 is 1.38 bits per heavy atom. The summed E-state index contributed by atoms with van der Waals surface area (Å²) in [6.07, 6.45) is -2.80. The van der Waals surface area contributed by atoms with Crippen LogP contribution < -0.4 is 5.32 Å². The summed E-state index contributed by atoms with van der Waals surface area (Å²) >= 11 is 0. The molecule has 1 fully saturated rings. The maximum absolute atomic E-state index is 12.7. The van der Waals surface area contributed by atoms with Crippen molar-refractivity contribution in [2.24, 2.45) is 5.41 Å². The summed E-state index contributed by atoms with van der Waals surface area (Å²) in [7, 11) is 0. The van der Waals surface area contributed by atoms with Gasteiger partial charge in [0, 0.05) is 26.3 Å². The Morgan fingerprint density at radius 2 is 2.10 bits per heavy atom. The van der Waals surface area contributed by atoms with E-state index in [0.29, 0.717) is 45.6 Å². The lowest BCUT2D eigenvalue weighted by molar-refractivity contribution is -0.167. The van der Waals surface area contributed by atoms with E-state index in [1.165, 1.54) is 0 Å². The second-order valence-electron chi connectivity index (χ2n) is 5.45. The molecule has 1 aliphatic rings. The van der Waals surface area contributed by atoms with E-state index in [1.807, 2.05) is 13.8 Å². The molecule has 1 heterocycles. The van der Waals surface area contributed by atoms with Crippen molar-refractivity contribution in [3.8, 4) is 0 Å². The van der Waals surface area contributed by atoms with Crippen LogP contribution in [0.3, 0.4) is 0 Å². The minimum Gasteiger partial charge on any atom is -0.382 e. The van der Waals surface area contributed by atoms with Gasteiger partial charge in [-0.25, -0.2) is 0 Å². The molecule has 7 heteroatoms. The summed E-state index contributed by atoms with van der Waals surface area (Å²) in [5.41, 5.74) is -0.684. The van der Waals surface area contributed by atoms with E-state index in [0.717, 1.165) is 4.90 Å². The third-order valence-corrected chi connectivity index (χ3v) is 3.95. The van der Waals surface area contributed by atoms with Crippen molar-refractivity contribution in [3.05, 3.63) is 0 Å². The van der Waals surface area contributed by atoms with Gasteiger partial charge in [0.05, 0.1) is 5.41 Å². The fourth-order valence-corrected chi connectivity index (χ4v) is 2.69. The van der Waals surface area contributed by atoms with Crippen LogP contribution in [0.5, 0.6) is 0 Å². The number of nitrogens with zero attached hydrogens (tertiary/aromatic N) is 1. The molecule has 0 aliphatic carbocycles. The predicted molar refractivity (Wildman–Crippen MR) is 74.0 cm³/mol. The van der Waals surface area contributed by atoms with E-state index < -0.39 is 18.1 Å². The summed E-state index contributed by atoms with van der Waals surface area (Å²) in [6.45, 7) is 4.62. The lowest BCUT2D eigenvalue weighted by Crippen LogP contribution is -2.49. The average Bonchev–Trinajstić information content (AvgIpc) is 2.90. The van der Waals surface area contributed by atoms with Gasteiger partial charge in [0.15, 0.2) is 0 Å². The number of hydrogen-bond acceptors (Lipinski definition) is 3. The normalized spacial score (nSPS) is 22.5. The van der Waals surface area contributed by atoms with Gasteiger partial charge in [-0.15, -0.1) is 0 Å². The van der Waals surface area contributed by atoms with Gasteiger partial charge in [-0.1, -0.05) is 6.92 Å². The molecule has 21 heavy (non-hydrogen) atoms. The van der Waals surface area contributed by atoms with Gasteiger partial charge in [0.25, 0.3) is 0 Å². The number of carbonyl (C=O) groups excluding carboxylic acids is 1. The Kier molecular flexibility index (Phi) is 6.93. The number of amides is 1. The predicted octanol–water partition coefficient (Wildman–Crippen LogP) is 2.19. The van der Waals surface area contributed by atoms with E-state index in [-0.39, 0.29) is 12.5 Å². The van der Waals surface area contributed by atoms with Gasteiger partial charge < -0.3 is 15.0 Å². The molecule has 0 aromatic heterocycles. The van der Waals surface area contributed by atoms with Crippen LogP contribution in [0.1, 0.15) is 33.1 Å². The van der Waals surface area contributed by atoms with Gasteiger partial charge in [-0.2, -0.15) is 13.2 Å². The van der Waals surface area contributed by atoms with Crippen LogP contribution in [0, 0.1) is 5.41 Å². The summed E-state index contributed by atoms with van der Waals surface area (Å²) in [4.78, 5) is 13.5. The van der Waals surface area contributed by atoms with E-state index in [4.69, 9.17) is 4.74 Å². The molecule has 1 amide bonds. The Balaban J connectivity index is 2.71. The number of halogens is 3. The molecule has 0 aromatic carbocycles. The van der Waals surface area contributed by atoms with Crippen LogP contribution in [0.25, 0.3) is 0 Å². The Bertz CT molecular complexity index is 329. The average molecular weight is 310 g/mol. The maximum Gasteiger partial charge on any atom is 0.406 e. The van der Waals surface area contributed by atoms with Crippen LogP contribution in [-0.4, -0.2) is 56.4 Å². The van der Waals surface area contributed by atoms with Crippen LogP contribution in [-0.2, 0) is 9.53 Å². The summed E-state index contributed by atoms with van der Waals surface area (Å²) in [5.74, 6) is -0.385. The van der Waals surface area contributed by atoms with Crippen LogP contribution in [0.15, 0.2) is 0 Å². The third-order valence-electron chi connectivity index (χ3n) is 3.95. The lowest BCUT2D eigenvalue weighted by atomic mass is 9.82. The molecule has 0 aromatic rings. The molecule has 1 rings (SSSR count). The number of ether oxygens (including phenoxy) is 1. The summed E-state index contributed by atoms with van der Waals surface area (Å²) in [6, 6.07) is 0. The van der Waals surface area contributed by atoms with E-state index in [2.05, 4.69) is 5.32 Å². The Hall–Kier alpha value is -0.820. The monoisotopic (exact) mass is 310 g/mol. The molecule has 1 atom stereocenters. The van der Waals surface area contributed by atoms with Crippen molar-refractivity contribution in [2.45, 2.75) is 39.3 Å². The van der Waals surface area contributed by atoms with Gasteiger partial charge in [0.2, 0.25) is 5.91 Å². The standard InChI is InChI=1S/C14H25F3N2O2/c1-3-13(6-7-18-10-13)12(20)19(11-14(15,16)17)8-5-9-21-4-2/h18H,3-11H2,1-2H3. The number of hydrogen-bond donors (Lipinski definition) is 1. The fourth-order valence-electron chi connectivity index (χ4n) is 2.69. The molecule has 0 saturated carbocycles. The molecule has 1 N–H and O–H groups in total. The largest absolute Gasteiger partial charge is 0.406 e. The van der Waals surface area contributed by atoms with Gasteiger partial charge in [0.1, 0.15) is 6.54 Å². The molecule has 1 saturated heterocycles. The van der Waals surface area contributed by atoms with Crippen molar-refractivity contribution >= 4 is 5.91 Å². The third kappa shape index (κ3) is 5.47. The fraction of sp³-hybridized carbons (Fsp3) is 0.929. The molecule has 0 spiro atoms. The first-order valence-corrected chi connectivity index (χ1v) is 7.49. The molecular weight excluding hydrogens is 285 g/mol. The van der Waals surface area contributed by atoms with Crippen molar-refractivity contribution < 1.29 is 22.7 Å². The van der Waals surface area contributed by atoms with E-state index >= 15 is 0 Å². The number of alkyl halides is 3. The van der Waals surface area contributed by atoms with E-state index in [9.17, 15) is 18.0 Å². The summed E-state index contributed by atoms with van der Waals surface area (Å²) < 4.78 is 43.3. The number of nitrogens with one attached hydrogen (secondary N) is 1. The molecule has 1 aliphatic heterocycles. The first-order chi connectivity index (χ1) is 9.84. The molecule has 0 radical (unpaired) electrons. The van der Waals surface area contributed by atoms with E-state index in [1.54, 1.807) is 0 Å². The highest BCUT2D eigenvalue weighted by Crippen LogP contribution is 2.33. The van der Waals surface area contributed by atoms with Crippen LogP contribution in [0.2, 0.25) is 0 Å².